The average molecular weight is 345 g/mol. The number of nitrogens with one attached hydrogen (secondary N) is 1. The van der Waals surface area contributed by atoms with Crippen molar-refractivity contribution < 1.29 is 28.9 Å². The van der Waals surface area contributed by atoms with Gasteiger partial charge in [0, 0.05) is 23.6 Å². The molecule has 3 aromatic rings. The molecule has 0 bridgehead atoms. The standard InChI is InChI=1S/C17H12FNO6/c1-24-10-4-8(18)5-11(6-10)25-9-2-3-12-13(7-9)16(21)19-14(15(12)20)17(22)23/h2-7,20H,1H3,(H,19,21)(H,22,23). The molecule has 25 heavy (non-hydrogen) atoms. The van der Waals surface area contributed by atoms with E-state index in [0.29, 0.717) is 0 Å². The number of halogens is 1. The van der Waals surface area contributed by atoms with Gasteiger partial charge in [-0.2, -0.15) is 0 Å². The van der Waals surface area contributed by atoms with Crippen LogP contribution in [0, 0.1) is 5.82 Å². The highest BCUT2D eigenvalue weighted by atomic mass is 19.1. The number of aromatic hydroxyl groups is 1. The van der Waals surface area contributed by atoms with E-state index in [9.17, 15) is 19.1 Å². The van der Waals surface area contributed by atoms with Crippen LogP contribution in [-0.4, -0.2) is 28.3 Å². The smallest absolute Gasteiger partial charge is 0.356 e. The molecule has 7 nitrogen and oxygen atoms in total. The molecule has 8 heteroatoms. The molecule has 0 saturated heterocycles. The Hall–Kier alpha value is -3.55. The Bertz CT molecular complexity index is 1040. The third-order valence-electron chi connectivity index (χ3n) is 3.50. The predicted octanol–water partition coefficient (Wildman–Crippen LogP) is 2.87. The summed E-state index contributed by atoms with van der Waals surface area (Å²) in [4.78, 5) is 25.2. The largest absolute Gasteiger partial charge is 0.505 e. The predicted molar refractivity (Wildman–Crippen MR) is 86.2 cm³/mol. The summed E-state index contributed by atoms with van der Waals surface area (Å²) >= 11 is 0. The lowest BCUT2D eigenvalue weighted by Crippen LogP contribution is -2.13. The maximum Gasteiger partial charge on any atom is 0.356 e. The minimum absolute atomic E-state index is 0.0309. The van der Waals surface area contributed by atoms with E-state index in [1.165, 1.54) is 37.4 Å². The van der Waals surface area contributed by atoms with E-state index in [-0.39, 0.29) is 28.0 Å². The number of carbonyl (C=O) groups is 1. The minimum atomic E-state index is -1.45. The molecule has 2 aromatic carbocycles. The number of hydrogen-bond donors (Lipinski definition) is 3. The highest BCUT2D eigenvalue weighted by molar-refractivity contribution is 5.98. The fourth-order valence-corrected chi connectivity index (χ4v) is 2.36. The first-order chi connectivity index (χ1) is 11.9. The molecule has 0 amide bonds. The fourth-order valence-electron chi connectivity index (χ4n) is 2.36. The molecule has 1 heterocycles. The molecule has 0 spiro atoms. The zero-order valence-electron chi connectivity index (χ0n) is 12.9. The van der Waals surface area contributed by atoms with Crippen LogP contribution in [0.15, 0.2) is 41.2 Å². The van der Waals surface area contributed by atoms with Gasteiger partial charge >= 0.3 is 5.97 Å². The third kappa shape index (κ3) is 3.09. The Kier molecular flexibility index (Phi) is 4.02. The Balaban J connectivity index is 2.06. The highest BCUT2D eigenvalue weighted by Crippen LogP contribution is 2.31. The molecule has 3 rings (SSSR count). The molecule has 0 unspecified atom stereocenters. The van der Waals surface area contributed by atoms with Gasteiger partial charge in [0.2, 0.25) is 0 Å². The van der Waals surface area contributed by atoms with Gasteiger partial charge < -0.3 is 24.7 Å². The number of methoxy groups -OCH3 is 1. The van der Waals surface area contributed by atoms with E-state index in [1.54, 1.807) is 0 Å². The van der Waals surface area contributed by atoms with Gasteiger partial charge in [-0.25, -0.2) is 9.18 Å². The number of benzene rings is 2. The molecular formula is C17H12FNO6. The molecule has 1 aromatic heterocycles. The van der Waals surface area contributed by atoms with Crippen LogP contribution in [0.3, 0.4) is 0 Å². The van der Waals surface area contributed by atoms with E-state index >= 15 is 0 Å². The lowest BCUT2D eigenvalue weighted by molar-refractivity contribution is 0.0687. The van der Waals surface area contributed by atoms with E-state index in [4.69, 9.17) is 14.6 Å². The number of carboxylic acid groups (broad SMARTS) is 1. The maximum absolute atomic E-state index is 13.5. The summed E-state index contributed by atoms with van der Waals surface area (Å²) in [6.07, 6.45) is 0. The molecule has 3 N–H and O–H groups in total. The summed E-state index contributed by atoms with van der Waals surface area (Å²) in [6.45, 7) is 0. The normalized spacial score (nSPS) is 10.6. The van der Waals surface area contributed by atoms with Gasteiger partial charge in [-0.3, -0.25) is 4.79 Å². The molecule has 0 aliphatic rings. The van der Waals surface area contributed by atoms with Crippen molar-refractivity contribution in [1.82, 2.24) is 4.98 Å². The van der Waals surface area contributed by atoms with E-state index in [0.717, 1.165) is 6.07 Å². The van der Waals surface area contributed by atoms with Crippen LogP contribution in [0.4, 0.5) is 4.39 Å². The first-order valence-electron chi connectivity index (χ1n) is 7.04. The summed E-state index contributed by atoms with van der Waals surface area (Å²) in [5.41, 5.74) is -1.30. The molecular weight excluding hydrogens is 333 g/mol. The van der Waals surface area contributed by atoms with E-state index in [2.05, 4.69) is 4.98 Å². The van der Waals surface area contributed by atoms with E-state index in [1.807, 2.05) is 0 Å². The summed E-state index contributed by atoms with van der Waals surface area (Å²) in [5, 5.41) is 19.0. The van der Waals surface area contributed by atoms with E-state index < -0.39 is 28.8 Å². The van der Waals surface area contributed by atoms with Gasteiger partial charge in [0.05, 0.1) is 12.5 Å². The number of aromatic nitrogens is 1. The molecule has 0 saturated carbocycles. The van der Waals surface area contributed by atoms with Crippen molar-refractivity contribution >= 4 is 16.7 Å². The number of H-pyrrole nitrogens is 1. The second-order valence-corrected chi connectivity index (χ2v) is 5.12. The molecule has 0 radical (unpaired) electrons. The molecule has 128 valence electrons. The van der Waals surface area contributed by atoms with Crippen molar-refractivity contribution in [3.63, 3.8) is 0 Å². The Labute approximate surface area is 139 Å². The summed E-state index contributed by atoms with van der Waals surface area (Å²) in [7, 11) is 1.39. The average Bonchev–Trinajstić information content (AvgIpc) is 2.57. The number of rotatable bonds is 4. The van der Waals surface area contributed by atoms with Crippen LogP contribution < -0.4 is 15.0 Å². The van der Waals surface area contributed by atoms with Gasteiger partial charge in [-0.15, -0.1) is 0 Å². The first kappa shape index (κ1) is 16.3. The van der Waals surface area contributed by atoms with Gasteiger partial charge in [-0.05, 0) is 18.2 Å². The van der Waals surface area contributed by atoms with Crippen LogP contribution in [0.25, 0.3) is 10.8 Å². The number of carboxylic acids is 1. The lowest BCUT2D eigenvalue weighted by atomic mass is 10.1. The number of aromatic carboxylic acids is 1. The third-order valence-corrected chi connectivity index (χ3v) is 3.50. The summed E-state index contributed by atoms with van der Waals surface area (Å²) in [6, 6.07) is 7.87. The van der Waals surface area contributed by atoms with Crippen molar-refractivity contribution in [3.8, 4) is 23.0 Å². The van der Waals surface area contributed by atoms with Gasteiger partial charge in [0.1, 0.15) is 23.1 Å². The second-order valence-electron chi connectivity index (χ2n) is 5.12. The van der Waals surface area contributed by atoms with Crippen LogP contribution in [0.5, 0.6) is 23.0 Å². The zero-order chi connectivity index (χ0) is 18.1. The van der Waals surface area contributed by atoms with Gasteiger partial charge in [0.15, 0.2) is 11.4 Å². The first-order valence-corrected chi connectivity index (χ1v) is 7.04. The number of fused-ring (bicyclic) bond motifs is 1. The van der Waals surface area contributed by atoms with Crippen molar-refractivity contribution in [1.29, 1.82) is 0 Å². The maximum atomic E-state index is 13.5. The highest BCUT2D eigenvalue weighted by Gasteiger charge is 2.16. The number of aromatic amines is 1. The number of pyridine rings is 1. The zero-order valence-corrected chi connectivity index (χ0v) is 12.9. The summed E-state index contributed by atoms with van der Waals surface area (Å²) in [5.74, 6) is -1.95. The SMILES string of the molecule is COc1cc(F)cc(Oc2ccc3c(O)c(C(=O)O)[nH]c(=O)c3c2)c1. The van der Waals surface area contributed by atoms with Crippen LogP contribution in [0.1, 0.15) is 10.5 Å². The topological polar surface area (TPSA) is 109 Å². The Morgan fingerprint density at radius 1 is 1.08 bits per heavy atom. The molecule has 0 aliphatic heterocycles. The van der Waals surface area contributed by atoms with Gasteiger partial charge in [-0.1, -0.05) is 0 Å². The Morgan fingerprint density at radius 3 is 2.48 bits per heavy atom. The molecule has 0 fully saturated rings. The van der Waals surface area contributed by atoms with Crippen molar-refractivity contribution in [2.24, 2.45) is 0 Å². The number of ether oxygens (including phenoxy) is 2. The molecule has 0 aliphatic carbocycles. The van der Waals surface area contributed by atoms with Gasteiger partial charge in [0.25, 0.3) is 5.56 Å². The Morgan fingerprint density at radius 2 is 1.80 bits per heavy atom. The van der Waals surface area contributed by atoms with Crippen molar-refractivity contribution in [2.45, 2.75) is 0 Å². The monoisotopic (exact) mass is 345 g/mol. The number of hydrogen-bond acceptors (Lipinski definition) is 5. The van der Waals surface area contributed by atoms with Crippen LogP contribution >= 0.6 is 0 Å². The second kappa shape index (κ2) is 6.16. The summed E-state index contributed by atoms with van der Waals surface area (Å²) < 4.78 is 24.0. The molecule has 0 atom stereocenters. The fraction of sp³-hybridized carbons (Fsp3) is 0.0588. The van der Waals surface area contributed by atoms with Crippen LogP contribution in [0.2, 0.25) is 0 Å². The van der Waals surface area contributed by atoms with Crippen molar-refractivity contribution in [2.75, 3.05) is 7.11 Å². The van der Waals surface area contributed by atoms with Crippen molar-refractivity contribution in [3.05, 3.63) is 58.3 Å². The quantitative estimate of drug-likeness (QED) is 0.671. The van der Waals surface area contributed by atoms with Crippen LogP contribution in [-0.2, 0) is 0 Å². The lowest BCUT2D eigenvalue weighted by Gasteiger charge is -2.10. The minimum Gasteiger partial charge on any atom is -0.505 e.